The fourth-order valence-electron chi connectivity index (χ4n) is 3.33. The Balaban J connectivity index is 1.46. The molecule has 1 saturated heterocycles. The van der Waals surface area contributed by atoms with Crippen LogP contribution in [0.15, 0.2) is 24.3 Å². The summed E-state index contributed by atoms with van der Waals surface area (Å²) in [4.78, 5) is 51.1. The van der Waals surface area contributed by atoms with Crippen molar-refractivity contribution in [2.24, 2.45) is 0 Å². The minimum absolute atomic E-state index is 0.0215. The lowest BCUT2D eigenvalue weighted by Gasteiger charge is -2.35. The molecule has 0 atom stereocenters. The molecule has 2 heterocycles. The number of piperazine rings is 1. The number of alkyl halides is 3. The third kappa shape index (κ3) is 3.85. The van der Waals surface area contributed by atoms with E-state index in [1.807, 2.05) is 0 Å². The third-order valence-electron chi connectivity index (χ3n) is 4.81. The number of benzene rings is 1. The summed E-state index contributed by atoms with van der Waals surface area (Å²) in [5.41, 5.74) is 0.675. The number of nitrogens with zero attached hydrogens (tertiary/aromatic N) is 3. The first kappa shape index (κ1) is 19.8. The van der Waals surface area contributed by atoms with E-state index in [1.165, 1.54) is 4.90 Å². The minimum atomic E-state index is -4.92. The minimum Gasteiger partial charge on any atom is -0.339 e. The van der Waals surface area contributed by atoms with Crippen molar-refractivity contribution in [1.82, 2.24) is 14.7 Å². The van der Waals surface area contributed by atoms with Crippen molar-refractivity contribution in [3.63, 3.8) is 0 Å². The van der Waals surface area contributed by atoms with E-state index in [0.717, 1.165) is 4.90 Å². The highest BCUT2D eigenvalue weighted by atomic mass is 19.4. The van der Waals surface area contributed by atoms with Crippen molar-refractivity contribution in [3.05, 3.63) is 35.4 Å². The molecule has 0 bridgehead atoms. The Bertz CT molecular complexity index is 782. The van der Waals surface area contributed by atoms with Crippen LogP contribution in [-0.2, 0) is 9.59 Å². The first-order valence-electron chi connectivity index (χ1n) is 8.79. The molecule has 150 valence electrons. The van der Waals surface area contributed by atoms with E-state index in [4.69, 9.17) is 0 Å². The molecule has 0 unspecified atom stereocenters. The van der Waals surface area contributed by atoms with Gasteiger partial charge in [-0.15, -0.1) is 0 Å². The van der Waals surface area contributed by atoms with Gasteiger partial charge in [0.15, 0.2) is 0 Å². The average molecular weight is 397 g/mol. The summed E-state index contributed by atoms with van der Waals surface area (Å²) in [6.45, 7) is -0.225. The quantitative estimate of drug-likeness (QED) is 0.718. The smallest absolute Gasteiger partial charge is 0.339 e. The van der Waals surface area contributed by atoms with E-state index in [9.17, 15) is 32.3 Å². The van der Waals surface area contributed by atoms with Crippen LogP contribution >= 0.6 is 0 Å². The van der Waals surface area contributed by atoms with Crippen molar-refractivity contribution in [2.45, 2.75) is 19.0 Å². The van der Waals surface area contributed by atoms with Crippen LogP contribution < -0.4 is 0 Å². The van der Waals surface area contributed by atoms with Gasteiger partial charge in [0.1, 0.15) is 0 Å². The molecule has 1 aromatic rings. The van der Waals surface area contributed by atoms with Crippen molar-refractivity contribution in [1.29, 1.82) is 0 Å². The Morgan fingerprint density at radius 3 is 1.89 bits per heavy atom. The molecule has 28 heavy (non-hydrogen) atoms. The van der Waals surface area contributed by atoms with Crippen molar-refractivity contribution in [2.75, 3.05) is 32.7 Å². The second kappa shape index (κ2) is 7.61. The predicted molar refractivity (Wildman–Crippen MR) is 90.3 cm³/mol. The number of hydrogen-bond donors (Lipinski definition) is 0. The first-order valence-corrected chi connectivity index (χ1v) is 8.79. The summed E-state index contributed by atoms with van der Waals surface area (Å²) < 4.78 is 37.3. The molecule has 2 aliphatic heterocycles. The summed E-state index contributed by atoms with van der Waals surface area (Å²) >= 11 is 0. The van der Waals surface area contributed by atoms with E-state index in [2.05, 4.69) is 0 Å². The molecule has 3 rings (SSSR count). The van der Waals surface area contributed by atoms with Crippen LogP contribution in [0.5, 0.6) is 0 Å². The molecular weight excluding hydrogens is 379 g/mol. The number of hydrogen-bond acceptors (Lipinski definition) is 4. The summed E-state index contributed by atoms with van der Waals surface area (Å²) in [7, 11) is 0. The molecule has 4 amide bonds. The van der Waals surface area contributed by atoms with Gasteiger partial charge in [-0.2, -0.15) is 13.2 Å². The second-order valence-electron chi connectivity index (χ2n) is 6.58. The normalized spacial score (nSPS) is 17.2. The van der Waals surface area contributed by atoms with Crippen LogP contribution in [0, 0.1) is 0 Å². The van der Waals surface area contributed by atoms with Gasteiger partial charge in [0, 0.05) is 39.1 Å². The molecule has 2 aliphatic rings. The number of carbonyl (C=O) groups excluding carboxylic acids is 4. The molecule has 0 N–H and O–H groups in total. The number of carbonyl (C=O) groups is 4. The standard InChI is InChI=1S/C18H18F3N3O4/c19-18(20,21)17(28)23-10-8-22(9-11-23)14(25)6-3-7-24-15(26)12-4-1-2-5-13(12)16(24)27/h1-2,4-5H,3,6-11H2. The van der Waals surface area contributed by atoms with Gasteiger partial charge in [0.2, 0.25) is 5.91 Å². The average Bonchev–Trinajstić information content (AvgIpc) is 2.92. The van der Waals surface area contributed by atoms with Gasteiger partial charge >= 0.3 is 12.1 Å². The Hall–Kier alpha value is -2.91. The van der Waals surface area contributed by atoms with Crippen LogP contribution in [-0.4, -0.2) is 77.2 Å². The van der Waals surface area contributed by atoms with Gasteiger partial charge in [-0.3, -0.25) is 24.1 Å². The maximum absolute atomic E-state index is 12.4. The van der Waals surface area contributed by atoms with Crippen LogP contribution in [0.3, 0.4) is 0 Å². The Kier molecular flexibility index (Phi) is 5.39. The molecule has 0 aliphatic carbocycles. The zero-order valence-corrected chi connectivity index (χ0v) is 14.9. The van der Waals surface area contributed by atoms with Gasteiger partial charge in [0.05, 0.1) is 11.1 Å². The second-order valence-corrected chi connectivity index (χ2v) is 6.58. The fourth-order valence-corrected chi connectivity index (χ4v) is 3.33. The van der Waals surface area contributed by atoms with Gasteiger partial charge < -0.3 is 9.80 Å². The highest BCUT2D eigenvalue weighted by Crippen LogP contribution is 2.23. The topological polar surface area (TPSA) is 78.0 Å². The monoisotopic (exact) mass is 397 g/mol. The largest absolute Gasteiger partial charge is 0.471 e. The van der Waals surface area contributed by atoms with Crippen molar-refractivity contribution in [3.8, 4) is 0 Å². The molecule has 1 fully saturated rings. The number of fused-ring (bicyclic) bond motifs is 1. The first-order chi connectivity index (χ1) is 13.2. The zero-order chi connectivity index (χ0) is 20.5. The summed E-state index contributed by atoms with van der Waals surface area (Å²) in [5, 5.41) is 0. The molecule has 1 aromatic carbocycles. The van der Waals surface area contributed by atoms with Gasteiger partial charge in [0.25, 0.3) is 11.8 Å². The maximum Gasteiger partial charge on any atom is 0.471 e. The van der Waals surface area contributed by atoms with E-state index in [1.54, 1.807) is 24.3 Å². The van der Waals surface area contributed by atoms with Crippen molar-refractivity contribution < 1.29 is 32.3 Å². The molecule has 0 saturated carbocycles. The van der Waals surface area contributed by atoms with Gasteiger partial charge in [-0.1, -0.05) is 12.1 Å². The Labute approximate surface area is 158 Å². The van der Waals surface area contributed by atoms with E-state index in [0.29, 0.717) is 16.0 Å². The molecule has 0 aromatic heterocycles. The van der Waals surface area contributed by atoms with E-state index >= 15 is 0 Å². The number of imide groups is 1. The fraction of sp³-hybridized carbons (Fsp3) is 0.444. The zero-order valence-electron chi connectivity index (χ0n) is 14.9. The Morgan fingerprint density at radius 1 is 0.893 bits per heavy atom. The molecule has 0 spiro atoms. The van der Waals surface area contributed by atoms with E-state index < -0.39 is 23.9 Å². The number of halogens is 3. The number of rotatable bonds is 4. The maximum atomic E-state index is 12.4. The van der Waals surface area contributed by atoms with Crippen LogP contribution in [0.4, 0.5) is 13.2 Å². The van der Waals surface area contributed by atoms with Crippen molar-refractivity contribution >= 4 is 23.6 Å². The lowest BCUT2D eigenvalue weighted by molar-refractivity contribution is -0.187. The van der Waals surface area contributed by atoms with Gasteiger partial charge in [-0.25, -0.2) is 0 Å². The number of amides is 4. The van der Waals surface area contributed by atoms with Crippen LogP contribution in [0.2, 0.25) is 0 Å². The van der Waals surface area contributed by atoms with Crippen LogP contribution in [0.1, 0.15) is 33.6 Å². The summed E-state index contributed by atoms with van der Waals surface area (Å²) in [6, 6.07) is 6.48. The molecule has 0 radical (unpaired) electrons. The lowest BCUT2D eigenvalue weighted by atomic mass is 10.1. The predicted octanol–water partition coefficient (Wildman–Crippen LogP) is 1.30. The highest BCUT2D eigenvalue weighted by Gasteiger charge is 2.43. The molecule has 10 heteroatoms. The Morgan fingerprint density at radius 2 is 1.39 bits per heavy atom. The SMILES string of the molecule is O=C(CCCN1C(=O)c2ccccc2C1=O)N1CCN(C(=O)C(F)(F)F)CC1. The highest BCUT2D eigenvalue weighted by molar-refractivity contribution is 6.21. The van der Waals surface area contributed by atoms with Crippen LogP contribution in [0.25, 0.3) is 0 Å². The molecular formula is C18H18F3N3O4. The third-order valence-corrected chi connectivity index (χ3v) is 4.81. The lowest BCUT2D eigenvalue weighted by Crippen LogP contribution is -2.53. The van der Waals surface area contributed by atoms with E-state index in [-0.39, 0.29) is 51.5 Å². The summed E-state index contributed by atoms with van der Waals surface area (Å²) in [5.74, 6) is -2.97. The summed E-state index contributed by atoms with van der Waals surface area (Å²) in [6.07, 6.45) is -4.61. The van der Waals surface area contributed by atoms with Gasteiger partial charge in [-0.05, 0) is 18.6 Å². The molecule has 7 nitrogen and oxygen atoms in total.